The lowest BCUT2D eigenvalue weighted by atomic mass is 10.5. The number of rotatable bonds is 5. The van der Waals surface area contributed by atoms with Crippen LogP contribution < -0.4 is 16.4 Å². The first-order valence-corrected chi connectivity index (χ1v) is 5.31. The second kappa shape index (κ2) is 6.20. The fraction of sp³-hybridized carbons (Fsp3) is 0.500. The molecule has 0 atom stereocenters. The van der Waals surface area contributed by atoms with Crippen molar-refractivity contribution in [3.05, 3.63) is 11.1 Å². The molecule has 1 heterocycles. The molecule has 1 aromatic rings. The van der Waals surface area contributed by atoms with Crippen molar-refractivity contribution < 1.29 is 9.53 Å². The van der Waals surface area contributed by atoms with E-state index in [-0.39, 0.29) is 6.03 Å². The number of methoxy groups -OCH3 is 1. The van der Waals surface area contributed by atoms with Crippen LogP contribution in [-0.4, -0.2) is 31.3 Å². The first-order chi connectivity index (χ1) is 7.22. The number of thiazole rings is 1. The third-order valence-corrected chi connectivity index (χ3v) is 2.31. The summed E-state index contributed by atoms with van der Waals surface area (Å²) in [7, 11) is 1.58. The summed E-state index contributed by atoms with van der Waals surface area (Å²) in [4.78, 5) is 15.2. The Bertz CT molecular complexity index is 315. The number of carbonyl (C=O) groups excluding carboxylic acids is 1. The Labute approximate surface area is 91.8 Å². The molecule has 1 rings (SSSR count). The van der Waals surface area contributed by atoms with Crippen molar-refractivity contribution >= 4 is 22.5 Å². The number of carbonyl (C=O) groups is 1. The number of nitrogen functional groups attached to an aromatic ring is 1. The number of nitrogens with one attached hydrogen (secondary N) is 2. The van der Waals surface area contributed by atoms with E-state index in [4.69, 9.17) is 10.5 Å². The van der Waals surface area contributed by atoms with Crippen LogP contribution in [0.25, 0.3) is 0 Å². The molecule has 0 unspecified atom stereocenters. The Morgan fingerprint density at radius 3 is 3.07 bits per heavy atom. The third-order valence-electron chi connectivity index (χ3n) is 1.59. The zero-order valence-corrected chi connectivity index (χ0v) is 9.26. The lowest BCUT2D eigenvalue weighted by molar-refractivity contribution is 0.196. The molecule has 7 heteroatoms. The molecular formula is C8H14N4O2S. The van der Waals surface area contributed by atoms with Crippen LogP contribution in [0.3, 0.4) is 0 Å². The maximum Gasteiger partial charge on any atom is 0.315 e. The van der Waals surface area contributed by atoms with Gasteiger partial charge in [-0.3, -0.25) is 0 Å². The molecule has 6 nitrogen and oxygen atoms in total. The molecular weight excluding hydrogens is 216 g/mol. The predicted molar refractivity (Wildman–Crippen MR) is 58.6 cm³/mol. The molecule has 0 aliphatic carbocycles. The Balaban J connectivity index is 2.16. The summed E-state index contributed by atoms with van der Waals surface area (Å²) in [5.74, 6) is 0. The number of hydrogen-bond donors (Lipinski definition) is 3. The molecule has 0 radical (unpaired) electrons. The summed E-state index contributed by atoms with van der Waals surface area (Å²) in [6, 6.07) is -0.237. The molecule has 1 aromatic heterocycles. The first-order valence-electron chi connectivity index (χ1n) is 4.43. The van der Waals surface area contributed by atoms with Crippen LogP contribution in [0.5, 0.6) is 0 Å². The van der Waals surface area contributed by atoms with Gasteiger partial charge in [-0.1, -0.05) is 0 Å². The van der Waals surface area contributed by atoms with Gasteiger partial charge in [-0.15, -0.1) is 11.3 Å². The van der Waals surface area contributed by atoms with E-state index in [1.54, 1.807) is 7.11 Å². The van der Waals surface area contributed by atoms with E-state index in [0.717, 1.165) is 5.69 Å². The zero-order chi connectivity index (χ0) is 11.1. The van der Waals surface area contributed by atoms with Gasteiger partial charge < -0.3 is 21.1 Å². The minimum Gasteiger partial charge on any atom is -0.383 e. The molecule has 0 spiro atoms. The van der Waals surface area contributed by atoms with Gasteiger partial charge in [0.1, 0.15) is 0 Å². The van der Waals surface area contributed by atoms with E-state index in [1.807, 2.05) is 5.38 Å². The van der Waals surface area contributed by atoms with Gasteiger partial charge in [-0.2, -0.15) is 0 Å². The maximum absolute atomic E-state index is 11.2. The van der Waals surface area contributed by atoms with Crippen LogP contribution in [0.4, 0.5) is 9.93 Å². The van der Waals surface area contributed by atoms with Crippen molar-refractivity contribution in [2.75, 3.05) is 26.0 Å². The van der Waals surface area contributed by atoms with Gasteiger partial charge >= 0.3 is 6.03 Å². The molecule has 2 amide bonds. The Hall–Kier alpha value is -1.34. The minimum atomic E-state index is -0.237. The summed E-state index contributed by atoms with van der Waals surface area (Å²) in [6.45, 7) is 1.37. The van der Waals surface area contributed by atoms with Crippen LogP contribution in [0.1, 0.15) is 5.69 Å². The molecule has 0 saturated heterocycles. The zero-order valence-electron chi connectivity index (χ0n) is 8.45. The Morgan fingerprint density at radius 2 is 2.47 bits per heavy atom. The van der Waals surface area contributed by atoms with Crippen molar-refractivity contribution in [3.8, 4) is 0 Å². The number of aromatic nitrogens is 1. The highest BCUT2D eigenvalue weighted by molar-refractivity contribution is 7.13. The lowest BCUT2D eigenvalue weighted by Crippen LogP contribution is -2.36. The van der Waals surface area contributed by atoms with Crippen molar-refractivity contribution in [1.29, 1.82) is 0 Å². The topological polar surface area (TPSA) is 89.3 Å². The van der Waals surface area contributed by atoms with Crippen molar-refractivity contribution in [3.63, 3.8) is 0 Å². The van der Waals surface area contributed by atoms with Gasteiger partial charge in [-0.25, -0.2) is 9.78 Å². The van der Waals surface area contributed by atoms with Crippen molar-refractivity contribution in [2.45, 2.75) is 6.54 Å². The van der Waals surface area contributed by atoms with E-state index in [1.165, 1.54) is 11.3 Å². The molecule has 84 valence electrons. The number of ether oxygens (including phenoxy) is 1. The summed E-state index contributed by atoms with van der Waals surface area (Å²) in [5, 5.41) is 7.60. The summed E-state index contributed by atoms with van der Waals surface area (Å²) in [6.07, 6.45) is 0. The highest BCUT2D eigenvalue weighted by atomic mass is 32.1. The molecule has 0 aromatic carbocycles. The molecule has 0 saturated carbocycles. The van der Waals surface area contributed by atoms with Crippen LogP contribution in [-0.2, 0) is 11.3 Å². The van der Waals surface area contributed by atoms with E-state index in [0.29, 0.717) is 24.8 Å². The maximum atomic E-state index is 11.2. The van der Waals surface area contributed by atoms with Gasteiger partial charge in [0.2, 0.25) is 0 Å². The van der Waals surface area contributed by atoms with Crippen molar-refractivity contribution in [2.24, 2.45) is 0 Å². The largest absolute Gasteiger partial charge is 0.383 e. The molecule has 4 N–H and O–H groups in total. The van der Waals surface area contributed by atoms with E-state index < -0.39 is 0 Å². The molecule has 0 aliphatic rings. The number of urea groups is 1. The second-order valence-electron chi connectivity index (χ2n) is 2.78. The van der Waals surface area contributed by atoms with E-state index >= 15 is 0 Å². The second-order valence-corrected chi connectivity index (χ2v) is 3.67. The fourth-order valence-corrected chi connectivity index (χ4v) is 1.47. The molecule has 0 bridgehead atoms. The average Bonchev–Trinajstić information content (AvgIpc) is 2.62. The van der Waals surface area contributed by atoms with Crippen LogP contribution in [0.15, 0.2) is 5.38 Å². The highest BCUT2D eigenvalue weighted by Crippen LogP contribution is 2.10. The van der Waals surface area contributed by atoms with Gasteiger partial charge in [0, 0.05) is 19.0 Å². The molecule has 15 heavy (non-hydrogen) atoms. The lowest BCUT2D eigenvalue weighted by Gasteiger charge is -2.05. The van der Waals surface area contributed by atoms with Crippen LogP contribution in [0, 0.1) is 0 Å². The van der Waals surface area contributed by atoms with Gasteiger partial charge in [0.25, 0.3) is 0 Å². The summed E-state index contributed by atoms with van der Waals surface area (Å²) in [5.41, 5.74) is 6.21. The third kappa shape index (κ3) is 4.61. The molecule has 0 aliphatic heterocycles. The first kappa shape index (κ1) is 11.7. The fourth-order valence-electron chi connectivity index (χ4n) is 0.904. The summed E-state index contributed by atoms with van der Waals surface area (Å²) < 4.78 is 4.79. The number of anilines is 1. The van der Waals surface area contributed by atoms with Gasteiger partial charge in [0.15, 0.2) is 5.13 Å². The van der Waals surface area contributed by atoms with Crippen molar-refractivity contribution in [1.82, 2.24) is 15.6 Å². The normalized spacial score (nSPS) is 9.93. The highest BCUT2D eigenvalue weighted by Gasteiger charge is 2.01. The number of hydrogen-bond acceptors (Lipinski definition) is 5. The molecule has 0 fully saturated rings. The van der Waals surface area contributed by atoms with Gasteiger partial charge in [-0.05, 0) is 0 Å². The SMILES string of the molecule is COCCNC(=O)NCc1csc(N)n1. The van der Waals surface area contributed by atoms with E-state index in [2.05, 4.69) is 15.6 Å². The monoisotopic (exact) mass is 230 g/mol. The quantitative estimate of drug-likeness (QED) is 0.629. The smallest absolute Gasteiger partial charge is 0.315 e. The van der Waals surface area contributed by atoms with Crippen LogP contribution >= 0.6 is 11.3 Å². The number of nitrogens with zero attached hydrogens (tertiary/aromatic N) is 1. The Morgan fingerprint density at radius 1 is 1.67 bits per heavy atom. The number of amides is 2. The van der Waals surface area contributed by atoms with E-state index in [9.17, 15) is 4.79 Å². The standard InChI is InChI=1S/C8H14N4O2S/c1-14-3-2-10-8(13)11-4-6-5-15-7(9)12-6/h5H,2-4H2,1H3,(H2,9,12)(H2,10,11,13). The average molecular weight is 230 g/mol. The minimum absolute atomic E-state index is 0.237. The van der Waals surface area contributed by atoms with Crippen LogP contribution in [0.2, 0.25) is 0 Å². The Kier molecular flexibility index (Phi) is 4.85. The summed E-state index contributed by atoms with van der Waals surface area (Å²) >= 11 is 1.35. The number of nitrogens with two attached hydrogens (primary N) is 1. The predicted octanol–water partition coefficient (Wildman–Crippen LogP) is 0.171. The van der Waals surface area contributed by atoms with Gasteiger partial charge in [0.05, 0.1) is 18.8 Å².